The second kappa shape index (κ2) is 9.03. The van der Waals surface area contributed by atoms with Crippen molar-refractivity contribution < 1.29 is 9.59 Å². The zero-order valence-corrected chi connectivity index (χ0v) is 15.1. The minimum atomic E-state index is -0.0208. The molecule has 1 heterocycles. The number of carbonyl (C=O) groups is 2. The van der Waals surface area contributed by atoms with E-state index in [4.69, 9.17) is 0 Å². The first-order valence-corrected chi connectivity index (χ1v) is 8.87. The van der Waals surface area contributed by atoms with Gasteiger partial charge in [-0.1, -0.05) is 15.9 Å². The van der Waals surface area contributed by atoms with E-state index in [1.54, 1.807) is 6.92 Å². The second-order valence-corrected chi connectivity index (χ2v) is 6.73. The molecule has 1 saturated heterocycles. The smallest absolute Gasteiger partial charge is 0.251 e. The molecule has 1 N–H and O–H groups in total. The normalized spacial score (nSPS) is 15.5. The van der Waals surface area contributed by atoms with Crippen molar-refractivity contribution in [1.82, 2.24) is 15.1 Å². The van der Waals surface area contributed by atoms with Crippen LogP contribution in [0.3, 0.4) is 0 Å². The fraction of sp³-hybridized carbons (Fsp3) is 0.529. The third-order valence-electron chi connectivity index (χ3n) is 4.11. The molecule has 1 fully saturated rings. The number of nitrogens with zero attached hydrogens (tertiary/aromatic N) is 2. The fourth-order valence-corrected chi connectivity index (χ4v) is 2.92. The van der Waals surface area contributed by atoms with E-state index >= 15 is 0 Å². The largest absolute Gasteiger partial charge is 0.352 e. The summed E-state index contributed by atoms with van der Waals surface area (Å²) in [5, 5.41) is 2.95. The molecule has 23 heavy (non-hydrogen) atoms. The quantitative estimate of drug-likeness (QED) is 0.767. The highest BCUT2D eigenvalue weighted by Gasteiger charge is 2.17. The van der Waals surface area contributed by atoms with Gasteiger partial charge in [0.2, 0.25) is 5.91 Å². The van der Waals surface area contributed by atoms with E-state index in [1.807, 2.05) is 29.2 Å². The SMILES string of the molecule is CC(=O)N1CCN(CCCCNC(=O)c2ccc(Br)cc2)CC1. The van der Waals surface area contributed by atoms with Crippen molar-refractivity contribution in [2.24, 2.45) is 0 Å². The third-order valence-corrected chi connectivity index (χ3v) is 4.64. The highest BCUT2D eigenvalue weighted by Crippen LogP contribution is 2.10. The van der Waals surface area contributed by atoms with Crippen LogP contribution in [0.5, 0.6) is 0 Å². The molecule has 1 aliphatic heterocycles. The number of hydrogen-bond acceptors (Lipinski definition) is 3. The van der Waals surface area contributed by atoms with Crippen LogP contribution in [-0.2, 0) is 4.79 Å². The minimum Gasteiger partial charge on any atom is -0.352 e. The zero-order chi connectivity index (χ0) is 16.7. The van der Waals surface area contributed by atoms with Gasteiger partial charge in [-0.2, -0.15) is 0 Å². The Hall–Kier alpha value is -1.40. The predicted octanol–water partition coefficient (Wildman–Crippen LogP) is 2.12. The van der Waals surface area contributed by atoms with Crippen molar-refractivity contribution in [2.75, 3.05) is 39.3 Å². The number of nitrogens with one attached hydrogen (secondary N) is 1. The maximum Gasteiger partial charge on any atom is 0.251 e. The van der Waals surface area contributed by atoms with Crippen LogP contribution in [0.2, 0.25) is 0 Å². The summed E-state index contributed by atoms with van der Waals surface area (Å²) in [6, 6.07) is 7.37. The molecular weight excluding hydrogens is 358 g/mol. The van der Waals surface area contributed by atoms with Gasteiger partial charge in [0.05, 0.1) is 0 Å². The van der Waals surface area contributed by atoms with Gasteiger partial charge in [0, 0.05) is 49.7 Å². The summed E-state index contributed by atoms with van der Waals surface area (Å²) in [5.74, 6) is 0.146. The first-order valence-electron chi connectivity index (χ1n) is 8.08. The van der Waals surface area contributed by atoms with Gasteiger partial charge in [0.25, 0.3) is 5.91 Å². The first-order chi connectivity index (χ1) is 11.1. The number of unbranched alkanes of at least 4 members (excludes halogenated alkanes) is 1. The van der Waals surface area contributed by atoms with Crippen LogP contribution in [-0.4, -0.2) is 60.9 Å². The van der Waals surface area contributed by atoms with Gasteiger partial charge >= 0.3 is 0 Å². The Morgan fingerprint density at radius 3 is 2.35 bits per heavy atom. The molecule has 0 unspecified atom stereocenters. The topological polar surface area (TPSA) is 52.7 Å². The number of benzene rings is 1. The standard InChI is InChI=1S/C17H24BrN3O2/c1-14(22)21-12-10-20(11-13-21)9-3-2-8-19-17(23)15-4-6-16(18)7-5-15/h4-7H,2-3,8-13H2,1H3,(H,19,23). The minimum absolute atomic E-state index is 0.0208. The summed E-state index contributed by atoms with van der Waals surface area (Å²) in [5.41, 5.74) is 0.688. The van der Waals surface area contributed by atoms with Crippen LogP contribution < -0.4 is 5.32 Å². The van der Waals surface area contributed by atoms with E-state index in [2.05, 4.69) is 26.1 Å². The van der Waals surface area contributed by atoms with Crippen LogP contribution in [0.4, 0.5) is 0 Å². The van der Waals surface area contributed by atoms with E-state index in [9.17, 15) is 9.59 Å². The molecular formula is C17H24BrN3O2. The van der Waals surface area contributed by atoms with Crippen LogP contribution >= 0.6 is 15.9 Å². The van der Waals surface area contributed by atoms with Crippen LogP contribution in [0, 0.1) is 0 Å². The Kier molecular flexibility index (Phi) is 7.05. The zero-order valence-electron chi connectivity index (χ0n) is 13.6. The van der Waals surface area contributed by atoms with Gasteiger partial charge in [-0.05, 0) is 43.7 Å². The number of amides is 2. The highest BCUT2D eigenvalue weighted by molar-refractivity contribution is 9.10. The third kappa shape index (κ3) is 5.95. The summed E-state index contributed by atoms with van der Waals surface area (Å²) in [6.07, 6.45) is 2.02. The van der Waals surface area contributed by atoms with E-state index < -0.39 is 0 Å². The predicted molar refractivity (Wildman–Crippen MR) is 94.4 cm³/mol. The molecule has 0 aromatic heterocycles. The van der Waals surface area contributed by atoms with Gasteiger partial charge in [-0.3, -0.25) is 14.5 Å². The van der Waals surface area contributed by atoms with Crippen molar-refractivity contribution in [1.29, 1.82) is 0 Å². The molecule has 126 valence electrons. The van der Waals surface area contributed by atoms with Crippen LogP contribution in [0.25, 0.3) is 0 Å². The summed E-state index contributed by atoms with van der Waals surface area (Å²) < 4.78 is 0.971. The molecule has 0 bridgehead atoms. The Balaban J connectivity index is 1.57. The van der Waals surface area contributed by atoms with Crippen molar-refractivity contribution in [3.63, 3.8) is 0 Å². The highest BCUT2D eigenvalue weighted by atomic mass is 79.9. The second-order valence-electron chi connectivity index (χ2n) is 5.82. The van der Waals surface area contributed by atoms with Crippen LogP contribution in [0.1, 0.15) is 30.1 Å². The van der Waals surface area contributed by atoms with Gasteiger partial charge in [0.15, 0.2) is 0 Å². The molecule has 0 atom stereocenters. The molecule has 1 aromatic carbocycles. The lowest BCUT2D eigenvalue weighted by Crippen LogP contribution is -2.48. The summed E-state index contributed by atoms with van der Waals surface area (Å²) >= 11 is 3.36. The maximum absolute atomic E-state index is 11.9. The average Bonchev–Trinajstić information content (AvgIpc) is 2.55. The number of carbonyl (C=O) groups excluding carboxylic acids is 2. The summed E-state index contributed by atoms with van der Waals surface area (Å²) in [4.78, 5) is 27.5. The summed E-state index contributed by atoms with van der Waals surface area (Å²) in [6.45, 7) is 6.91. The number of rotatable bonds is 6. The van der Waals surface area contributed by atoms with Crippen molar-refractivity contribution in [3.05, 3.63) is 34.3 Å². The molecule has 1 aliphatic rings. The molecule has 0 radical (unpaired) electrons. The van der Waals surface area contributed by atoms with Crippen molar-refractivity contribution >= 4 is 27.7 Å². The van der Waals surface area contributed by atoms with Gasteiger partial charge in [-0.15, -0.1) is 0 Å². The first kappa shape index (κ1) is 17.9. The average molecular weight is 382 g/mol. The Labute approximate surface area is 146 Å². The number of piperazine rings is 1. The van der Waals surface area contributed by atoms with E-state index in [0.29, 0.717) is 12.1 Å². The van der Waals surface area contributed by atoms with Gasteiger partial charge in [-0.25, -0.2) is 0 Å². The number of hydrogen-bond donors (Lipinski definition) is 1. The lowest BCUT2D eigenvalue weighted by atomic mass is 10.2. The van der Waals surface area contributed by atoms with Gasteiger partial charge < -0.3 is 10.2 Å². The molecule has 0 aliphatic carbocycles. The Morgan fingerprint density at radius 1 is 1.09 bits per heavy atom. The molecule has 0 spiro atoms. The molecule has 5 nitrogen and oxygen atoms in total. The number of halogens is 1. The van der Waals surface area contributed by atoms with E-state index in [1.165, 1.54) is 0 Å². The lowest BCUT2D eigenvalue weighted by Gasteiger charge is -2.34. The van der Waals surface area contributed by atoms with Crippen molar-refractivity contribution in [2.45, 2.75) is 19.8 Å². The molecule has 2 rings (SSSR count). The Morgan fingerprint density at radius 2 is 1.74 bits per heavy atom. The maximum atomic E-state index is 11.9. The lowest BCUT2D eigenvalue weighted by molar-refractivity contribution is -0.130. The van der Waals surface area contributed by atoms with E-state index in [0.717, 1.165) is 50.0 Å². The summed E-state index contributed by atoms with van der Waals surface area (Å²) in [7, 11) is 0. The molecule has 6 heteroatoms. The monoisotopic (exact) mass is 381 g/mol. The molecule has 0 saturated carbocycles. The van der Waals surface area contributed by atoms with Crippen molar-refractivity contribution in [3.8, 4) is 0 Å². The molecule has 1 aromatic rings. The fourth-order valence-electron chi connectivity index (χ4n) is 2.65. The van der Waals surface area contributed by atoms with Gasteiger partial charge in [0.1, 0.15) is 0 Å². The molecule has 2 amide bonds. The van der Waals surface area contributed by atoms with Crippen LogP contribution in [0.15, 0.2) is 28.7 Å². The Bertz CT molecular complexity index is 525. The van der Waals surface area contributed by atoms with E-state index in [-0.39, 0.29) is 11.8 Å².